The quantitative estimate of drug-likeness (QED) is 0.787. The predicted molar refractivity (Wildman–Crippen MR) is 85.8 cm³/mol. The van der Waals surface area contributed by atoms with Gasteiger partial charge in [-0.1, -0.05) is 11.8 Å². The smallest absolute Gasteiger partial charge is 0.230 e. The fraction of sp³-hybridized carbons (Fsp3) is 0.533. The summed E-state index contributed by atoms with van der Waals surface area (Å²) in [4.78, 5) is 11.8. The van der Waals surface area contributed by atoms with Crippen molar-refractivity contribution in [2.75, 3.05) is 5.75 Å². The zero-order valence-electron chi connectivity index (χ0n) is 13.0. The predicted octanol–water partition coefficient (Wildman–Crippen LogP) is 1.60. The number of rotatable bonds is 7. The van der Waals surface area contributed by atoms with Crippen molar-refractivity contribution < 1.29 is 4.79 Å². The number of hydrogen-bond acceptors (Lipinski definition) is 4. The topological polar surface area (TPSA) is 64.7 Å². The van der Waals surface area contributed by atoms with Crippen LogP contribution in [-0.2, 0) is 24.8 Å². The molecule has 3 rings (SSSR count). The number of thioether (sulfide) groups is 1. The highest BCUT2D eigenvalue weighted by Crippen LogP contribution is 2.21. The van der Waals surface area contributed by atoms with Crippen LogP contribution in [0, 0.1) is 0 Å². The van der Waals surface area contributed by atoms with Gasteiger partial charge >= 0.3 is 0 Å². The molecule has 1 fully saturated rings. The van der Waals surface area contributed by atoms with Gasteiger partial charge in [0.15, 0.2) is 5.16 Å². The van der Waals surface area contributed by atoms with Gasteiger partial charge in [0, 0.05) is 37.9 Å². The van der Waals surface area contributed by atoms with Crippen LogP contribution < -0.4 is 5.32 Å². The molecule has 0 aliphatic heterocycles. The van der Waals surface area contributed by atoms with E-state index in [9.17, 15) is 4.79 Å². The molecule has 6 nitrogen and oxygen atoms in total. The van der Waals surface area contributed by atoms with Crippen molar-refractivity contribution in [2.24, 2.45) is 7.05 Å². The van der Waals surface area contributed by atoms with Crippen LogP contribution in [0.4, 0.5) is 0 Å². The van der Waals surface area contributed by atoms with Crippen LogP contribution in [0.15, 0.2) is 23.5 Å². The monoisotopic (exact) mass is 319 g/mol. The van der Waals surface area contributed by atoms with Gasteiger partial charge in [-0.25, -0.2) is 0 Å². The highest BCUT2D eigenvalue weighted by Gasteiger charge is 2.23. The molecule has 2 heterocycles. The minimum Gasteiger partial charge on any atom is -0.354 e. The Balaban J connectivity index is 1.64. The van der Waals surface area contributed by atoms with Crippen LogP contribution in [0.25, 0.3) is 0 Å². The molecule has 2 aromatic heterocycles. The Hall–Kier alpha value is -1.76. The van der Waals surface area contributed by atoms with Crippen LogP contribution in [0.3, 0.4) is 0 Å². The van der Waals surface area contributed by atoms with E-state index < -0.39 is 0 Å². The summed E-state index contributed by atoms with van der Waals surface area (Å²) >= 11 is 1.46. The summed E-state index contributed by atoms with van der Waals surface area (Å²) in [6.45, 7) is 2.88. The number of aryl methyl sites for hydroxylation is 1. The fourth-order valence-corrected chi connectivity index (χ4v) is 3.18. The van der Waals surface area contributed by atoms with Crippen LogP contribution >= 0.6 is 11.8 Å². The van der Waals surface area contributed by atoms with Gasteiger partial charge in [-0.05, 0) is 31.9 Å². The van der Waals surface area contributed by atoms with Crippen molar-refractivity contribution in [3.8, 4) is 0 Å². The molecule has 0 bridgehead atoms. The highest BCUT2D eigenvalue weighted by molar-refractivity contribution is 7.99. The van der Waals surface area contributed by atoms with Crippen molar-refractivity contribution in [3.63, 3.8) is 0 Å². The summed E-state index contributed by atoms with van der Waals surface area (Å²) in [5.74, 6) is 1.43. The van der Waals surface area contributed by atoms with Gasteiger partial charge in [0.1, 0.15) is 5.82 Å². The summed E-state index contributed by atoms with van der Waals surface area (Å²) in [5, 5.41) is 12.4. The maximum Gasteiger partial charge on any atom is 0.230 e. The molecule has 0 spiro atoms. The minimum atomic E-state index is 0.0853. The molecule has 0 aromatic carbocycles. The summed E-state index contributed by atoms with van der Waals surface area (Å²) in [7, 11) is 2.03. The van der Waals surface area contributed by atoms with Gasteiger partial charge in [0.2, 0.25) is 5.91 Å². The van der Waals surface area contributed by atoms with Gasteiger partial charge < -0.3 is 14.5 Å². The first kappa shape index (κ1) is 15.1. The van der Waals surface area contributed by atoms with Gasteiger partial charge in [0.25, 0.3) is 0 Å². The Kier molecular flexibility index (Phi) is 4.52. The van der Waals surface area contributed by atoms with E-state index in [1.807, 2.05) is 19.3 Å². The molecule has 118 valence electrons. The first-order valence-electron chi connectivity index (χ1n) is 7.61. The van der Waals surface area contributed by atoms with E-state index in [2.05, 4.69) is 37.6 Å². The Bertz CT molecular complexity index is 659. The molecule has 7 heteroatoms. The van der Waals surface area contributed by atoms with E-state index in [0.717, 1.165) is 36.8 Å². The normalized spacial score (nSPS) is 14.3. The van der Waals surface area contributed by atoms with Crippen molar-refractivity contribution in [1.82, 2.24) is 24.6 Å². The second-order valence-electron chi connectivity index (χ2n) is 5.56. The lowest BCUT2D eigenvalue weighted by atomic mass is 10.3. The summed E-state index contributed by atoms with van der Waals surface area (Å²) in [6, 6.07) is 4.52. The summed E-state index contributed by atoms with van der Waals surface area (Å²) in [5.41, 5.74) is 1.20. The summed E-state index contributed by atoms with van der Waals surface area (Å²) in [6.07, 6.45) is 5.00. The van der Waals surface area contributed by atoms with Gasteiger partial charge in [-0.3, -0.25) is 4.79 Å². The van der Waals surface area contributed by atoms with Crippen molar-refractivity contribution in [3.05, 3.63) is 29.8 Å². The average molecular weight is 319 g/mol. The lowest BCUT2D eigenvalue weighted by Gasteiger charge is -2.08. The number of carbonyl (C=O) groups excluding carboxylic acids is 1. The maximum atomic E-state index is 11.8. The molecule has 1 aliphatic carbocycles. The third-order valence-electron chi connectivity index (χ3n) is 3.78. The number of aromatic nitrogens is 4. The Morgan fingerprint density at radius 3 is 2.91 bits per heavy atom. The zero-order valence-corrected chi connectivity index (χ0v) is 13.8. The number of hydrogen-bond donors (Lipinski definition) is 1. The molecule has 0 radical (unpaired) electrons. The summed E-state index contributed by atoms with van der Waals surface area (Å²) < 4.78 is 4.17. The third-order valence-corrected chi connectivity index (χ3v) is 4.74. The maximum absolute atomic E-state index is 11.8. The van der Waals surface area contributed by atoms with E-state index in [-0.39, 0.29) is 5.91 Å². The third kappa shape index (κ3) is 3.52. The van der Waals surface area contributed by atoms with E-state index in [4.69, 9.17) is 0 Å². The molecule has 1 N–H and O–H groups in total. The lowest BCUT2D eigenvalue weighted by Crippen LogP contribution is -2.27. The minimum absolute atomic E-state index is 0.0853. The highest BCUT2D eigenvalue weighted by atomic mass is 32.2. The number of nitrogens with zero attached hydrogens (tertiary/aromatic N) is 4. The van der Waals surface area contributed by atoms with Crippen LogP contribution in [0.1, 0.15) is 31.3 Å². The van der Waals surface area contributed by atoms with E-state index in [0.29, 0.717) is 11.8 Å². The fourth-order valence-electron chi connectivity index (χ4n) is 2.34. The molecule has 1 amide bonds. The molecular formula is C15H21N5OS. The van der Waals surface area contributed by atoms with Gasteiger partial charge in [-0.15, -0.1) is 10.2 Å². The Morgan fingerprint density at radius 1 is 1.45 bits per heavy atom. The first-order valence-corrected chi connectivity index (χ1v) is 8.60. The standard InChI is InChI=1S/C15H21N5OS/c1-3-20-13(9-12-5-4-8-19(12)2)17-18-15(20)22-10-14(21)16-11-6-7-11/h4-5,8,11H,3,6-7,9-10H2,1-2H3,(H,16,21). The van der Waals surface area contributed by atoms with Gasteiger partial charge in [-0.2, -0.15) is 0 Å². The largest absolute Gasteiger partial charge is 0.354 e. The van der Waals surface area contributed by atoms with Crippen molar-refractivity contribution in [2.45, 2.75) is 43.9 Å². The van der Waals surface area contributed by atoms with Crippen molar-refractivity contribution in [1.29, 1.82) is 0 Å². The molecule has 1 aliphatic rings. The Morgan fingerprint density at radius 2 is 2.27 bits per heavy atom. The molecule has 1 saturated carbocycles. The SMILES string of the molecule is CCn1c(Cc2cccn2C)nnc1SCC(=O)NC1CC1. The first-order chi connectivity index (χ1) is 10.7. The Labute approximate surface area is 134 Å². The molecule has 0 unspecified atom stereocenters. The lowest BCUT2D eigenvalue weighted by molar-refractivity contribution is -0.118. The molecule has 22 heavy (non-hydrogen) atoms. The van der Waals surface area contributed by atoms with E-state index >= 15 is 0 Å². The average Bonchev–Trinajstić information content (AvgIpc) is 3.09. The molecule has 2 aromatic rings. The number of amides is 1. The number of carbonyl (C=O) groups is 1. The molecule has 0 saturated heterocycles. The van der Waals surface area contributed by atoms with Crippen molar-refractivity contribution >= 4 is 17.7 Å². The second kappa shape index (κ2) is 6.56. The van der Waals surface area contributed by atoms with Gasteiger partial charge in [0.05, 0.1) is 5.75 Å². The molecular weight excluding hydrogens is 298 g/mol. The van der Waals surface area contributed by atoms with Crippen LogP contribution in [-0.4, -0.2) is 37.0 Å². The van der Waals surface area contributed by atoms with E-state index in [1.165, 1.54) is 17.5 Å². The zero-order chi connectivity index (χ0) is 15.5. The second-order valence-corrected chi connectivity index (χ2v) is 6.50. The van der Waals surface area contributed by atoms with E-state index in [1.54, 1.807) is 0 Å². The molecule has 0 atom stereocenters. The van der Waals surface area contributed by atoms with Crippen LogP contribution in [0.2, 0.25) is 0 Å². The van der Waals surface area contributed by atoms with Crippen LogP contribution in [0.5, 0.6) is 0 Å². The number of nitrogens with one attached hydrogen (secondary N) is 1.